The minimum atomic E-state index is -0.577. The van der Waals surface area contributed by atoms with Crippen LogP contribution in [0.15, 0.2) is 83.6 Å². The minimum absolute atomic E-state index is 0.309. The molecular formula is C29H26ClN7O4S2. The summed E-state index contributed by atoms with van der Waals surface area (Å²) in [5.74, 6) is 0. The Bertz CT molecular complexity index is 1690. The summed E-state index contributed by atoms with van der Waals surface area (Å²) in [7, 11) is 1.65. The zero-order valence-corrected chi connectivity index (χ0v) is 25.2. The van der Waals surface area contributed by atoms with Crippen LogP contribution in [0.4, 0.5) is 5.13 Å². The van der Waals surface area contributed by atoms with Gasteiger partial charge in [-0.15, -0.1) is 16.4 Å². The number of hydrogen-bond acceptors (Lipinski definition) is 12. The maximum absolute atomic E-state index is 6.68. The van der Waals surface area contributed by atoms with Crippen molar-refractivity contribution in [2.45, 2.75) is 41.0 Å². The molecule has 2 saturated heterocycles. The highest BCUT2D eigenvalue weighted by Crippen LogP contribution is 2.46. The first-order valence-corrected chi connectivity index (χ1v) is 15.6. The van der Waals surface area contributed by atoms with Crippen LogP contribution in [-0.4, -0.2) is 67.4 Å². The topological polar surface area (TPSA) is 132 Å². The van der Waals surface area contributed by atoms with Gasteiger partial charge in [0.2, 0.25) is 0 Å². The first-order chi connectivity index (χ1) is 21.1. The molecule has 14 heteroatoms. The third-order valence-corrected chi connectivity index (χ3v) is 9.33. The van der Waals surface area contributed by atoms with E-state index in [9.17, 15) is 0 Å². The number of benzene rings is 1. The Morgan fingerprint density at radius 2 is 1.95 bits per heavy atom. The molecule has 7 rings (SSSR count). The molecule has 6 atom stereocenters. The van der Waals surface area contributed by atoms with E-state index in [2.05, 4.69) is 25.3 Å². The smallest absolute Gasteiger partial charge is 0.184 e. The van der Waals surface area contributed by atoms with Gasteiger partial charge in [0.05, 0.1) is 23.5 Å². The Labute approximate surface area is 260 Å². The largest absolute Gasteiger partial charge is 0.375 e. The standard InChI is InChI=1S/C29H26ClN7O4S2/c1-38-26-24(37-13-19(35-36-37)20-15-42-29(31)34-20)25-21(14-39-27(41-25)17-5-3-2-4-6-17)40-28(26)43-22-11-18(30)12-33-23(22)16-7-9-32-10-8-16/h2-13,15,21,24-28H,14H2,1H3,(H2,31,34)/t21?,24?,25-,26?,27?,28+/m0/s1. The minimum Gasteiger partial charge on any atom is -0.375 e. The quantitative estimate of drug-likeness (QED) is 0.250. The van der Waals surface area contributed by atoms with Crippen LogP contribution in [0.5, 0.6) is 0 Å². The summed E-state index contributed by atoms with van der Waals surface area (Å²) in [5, 5.41) is 11.8. The monoisotopic (exact) mass is 635 g/mol. The summed E-state index contributed by atoms with van der Waals surface area (Å²) in [6.45, 7) is 0.309. The van der Waals surface area contributed by atoms with Crippen molar-refractivity contribution in [2.24, 2.45) is 0 Å². The summed E-state index contributed by atoms with van der Waals surface area (Å²) in [6.07, 6.45) is 4.95. The zero-order chi connectivity index (χ0) is 29.3. The van der Waals surface area contributed by atoms with Gasteiger partial charge in [-0.3, -0.25) is 9.97 Å². The SMILES string of the molecule is COC1C(n2cc(-c3csc(N)n3)nn2)[C@H]2OC(c3ccccc3)OCC2O[C@@H]1Sc1cc(Cl)cnc1-c1ccncc1. The fraction of sp³-hybridized carbons (Fsp3) is 0.276. The molecule has 1 aromatic carbocycles. The van der Waals surface area contributed by atoms with Crippen molar-refractivity contribution in [3.63, 3.8) is 0 Å². The number of fused-ring (bicyclic) bond motifs is 1. The number of thiazole rings is 1. The number of hydrogen-bond donors (Lipinski definition) is 1. The molecule has 0 radical (unpaired) electrons. The van der Waals surface area contributed by atoms with Gasteiger partial charge >= 0.3 is 0 Å². The van der Waals surface area contributed by atoms with Crippen LogP contribution in [0.25, 0.3) is 22.6 Å². The molecule has 4 aromatic heterocycles. The lowest BCUT2D eigenvalue weighted by molar-refractivity contribution is -0.308. The molecule has 2 aliphatic rings. The van der Waals surface area contributed by atoms with Crippen LogP contribution in [0.1, 0.15) is 17.9 Å². The van der Waals surface area contributed by atoms with Gasteiger partial charge in [-0.2, -0.15) is 0 Å². The molecule has 0 saturated carbocycles. The molecule has 0 amide bonds. The molecule has 0 spiro atoms. The molecular weight excluding hydrogens is 610 g/mol. The van der Waals surface area contributed by atoms with Gasteiger partial charge < -0.3 is 24.7 Å². The molecule has 2 fully saturated rings. The highest BCUT2D eigenvalue weighted by molar-refractivity contribution is 8.00. The van der Waals surface area contributed by atoms with E-state index in [1.807, 2.05) is 60.1 Å². The number of thioether (sulfide) groups is 1. The summed E-state index contributed by atoms with van der Waals surface area (Å²) in [4.78, 5) is 14.0. The normalized spacial score (nSPS) is 25.3. The van der Waals surface area contributed by atoms with Crippen molar-refractivity contribution in [3.05, 3.63) is 89.3 Å². The second-order valence-electron chi connectivity index (χ2n) is 9.92. The Balaban J connectivity index is 1.26. The molecule has 0 bridgehead atoms. The van der Waals surface area contributed by atoms with E-state index in [1.54, 1.807) is 30.4 Å². The Morgan fingerprint density at radius 3 is 2.72 bits per heavy atom. The lowest BCUT2D eigenvalue weighted by Gasteiger charge is -2.48. The highest BCUT2D eigenvalue weighted by Gasteiger charge is 2.52. The van der Waals surface area contributed by atoms with E-state index in [4.69, 9.17) is 36.3 Å². The first kappa shape index (κ1) is 28.3. The number of anilines is 1. The predicted molar refractivity (Wildman–Crippen MR) is 162 cm³/mol. The average Bonchev–Trinajstić information content (AvgIpc) is 3.70. The molecule has 11 nitrogen and oxygen atoms in total. The predicted octanol–water partition coefficient (Wildman–Crippen LogP) is 5.28. The second-order valence-corrected chi connectivity index (χ2v) is 12.4. The van der Waals surface area contributed by atoms with Crippen LogP contribution < -0.4 is 5.73 Å². The van der Waals surface area contributed by atoms with Gasteiger partial charge in [-0.05, 0) is 18.2 Å². The van der Waals surface area contributed by atoms with E-state index in [0.29, 0.717) is 28.1 Å². The maximum atomic E-state index is 6.68. The third kappa shape index (κ3) is 5.77. The number of nitrogens with zero attached hydrogens (tertiary/aromatic N) is 6. The van der Waals surface area contributed by atoms with Gasteiger partial charge in [0.1, 0.15) is 41.2 Å². The van der Waals surface area contributed by atoms with Crippen molar-refractivity contribution in [1.82, 2.24) is 29.9 Å². The van der Waals surface area contributed by atoms with E-state index < -0.39 is 36.1 Å². The Hall–Kier alpha value is -3.43. The van der Waals surface area contributed by atoms with E-state index in [1.165, 1.54) is 23.1 Å². The lowest BCUT2D eigenvalue weighted by Crippen LogP contribution is -2.59. The summed E-state index contributed by atoms with van der Waals surface area (Å²) >= 11 is 9.25. The number of rotatable bonds is 7. The van der Waals surface area contributed by atoms with Gasteiger partial charge in [0.25, 0.3) is 0 Å². The first-order valence-electron chi connectivity index (χ1n) is 13.4. The maximum Gasteiger partial charge on any atom is 0.184 e. The van der Waals surface area contributed by atoms with E-state index in [0.717, 1.165) is 21.7 Å². The number of nitrogen functional groups attached to an aromatic ring is 1. The second kappa shape index (κ2) is 12.3. The summed E-state index contributed by atoms with van der Waals surface area (Å²) in [5.41, 5.74) is 9.22. The third-order valence-electron chi connectivity index (χ3n) is 7.27. The Morgan fingerprint density at radius 1 is 1.12 bits per heavy atom. The lowest BCUT2D eigenvalue weighted by atomic mass is 9.95. The van der Waals surface area contributed by atoms with E-state index in [-0.39, 0.29) is 0 Å². The highest BCUT2D eigenvalue weighted by atomic mass is 35.5. The summed E-state index contributed by atoms with van der Waals surface area (Å²) < 4.78 is 27.4. The molecule has 2 N–H and O–H groups in total. The Kier molecular flexibility index (Phi) is 8.10. The molecule has 4 unspecified atom stereocenters. The molecule has 0 aliphatic carbocycles. The molecule has 220 valence electrons. The molecule has 5 aromatic rings. The van der Waals surface area contributed by atoms with E-state index >= 15 is 0 Å². The van der Waals surface area contributed by atoms with Crippen LogP contribution in [0.2, 0.25) is 5.02 Å². The summed E-state index contributed by atoms with van der Waals surface area (Å²) in [6, 6.07) is 15.1. The number of ether oxygens (including phenoxy) is 4. The number of methoxy groups -OCH3 is 1. The van der Waals surface area contributed by atoms with Crippen LogP contribution in [0, 0.1) is 0 Å². The van der Waals surface area contributed by atoms with Crippen molar-refractivity contribution in [2.75, 3.05) is 19.5 Å². The molecule has 2 aliphatic heterocycles. The average molecular weight is 636 g/mol. The van der Waals surface area contributed by atoms with Crippen molar-refractivity contribution < 1.29 is 18.9 Å². The van der Waals surface area contributed by atoms with Crippen molar-refractivity contribution in [1.29, 1.82) is 0 Å². The number of nitrogens with two attached hydrogens (primary N) is 1. The number of aromatic nitrogens is 6. The number of pyridine rings is 2. The van der Waals surface area contributed by atoms with Crippen LogP contribution in [-0.2, 0) is 18.9 Å². The zero-order valence-electron chi connectivity index (χ0n) is 22.8. The van der Waals surface area contributed by atoms with Crippen molar-refractivity contribution >= 4 is 39.8 Å². The van der Waals surface area contributed by atoms with Gasteiger partial charge in [-0.25, -0.2) is 9.67 Å². The van der Waals surface area contributed by atoms with Gasteiger partial charge in [0, 0.05) is 47.1 Å². The fourth-order valence-corrected chi connectivity index (χ4v) is 7.41. The van der Waals surface area contributed by atoms with Crippen LogP contribution >= 0.6 is 34.7 Å². The van der Waals surface area contributed by atoms with Gasteiger partial charge in [0.15, 0.2) is 11.4 Å². The van der Waals surface area contributed by atoms with Gasteiger partial charge in [-0.1, -0.05) is 58.9 Å². The number of halogens is 1. The molecule has 43 heavy (non-hydrogen) atoms. The fourth-order valence-electron chi connectivity index (χ4n) is 5.30. The molecule has 6 heterocycles. The van der Waals surface area contributed by atoms with Crippen LogP contribution in [0.3, 0.4) is 0 Å². The van der Waals surface area contributed by atoms with Crippen molar-refractivity contribution in [3.8, 4) is 22.6 Å².